The van der Waals surface area contributed by atoms with Gasteiger partial charge in [-0.15, -0.1) is 0 Å². The molecule has 3 rings (SSSR count). The molecule has 116 valence electrons. The molecule has 0 amide bonds. The molecule has 2 fully saturated rings. The first-order valence-electron chi connectivity index (χ1n) is 8.04. The van der Waals surface area contributed by atoms with Crippen molar-refractivity contribution >= 4 is 5.97 Å². The molecule has 0 aromatic carbocycles. The van der Waals surface area contributed by atoms with E-state index in [1.165, 1.54) is 6.42 Å². The van der Waals surface area contributed by atoms with E-state index < -0.39 is 12.2 Å². The molecule has 0 aromatic heterocycles. The smallest absolute Gasteiger partial charge is 0.306 e. The highest BCUT2D eigenvalue weighted by molar-refractivity contribution is 5.72. The maximum atomic E-state index is 11.3. The summed E-state index contributed by atoms with van der Waals surface area (Å²) >= 11 is 0. The lowest BCUT2D eigenvalue weighted by Crippen LogP contribution is -2.19. The maximum Gasteiger partial charge on any atom is 0.306 e. The molecular weight excluding hydrogens is 268 g/mol. The van der Waals surface area contributed by atoms with Crippen molar-refractivity contribution in [2.24, 2.45) is 17.8 Å². The van der Waals surface area contributed by atoms with Crippen LogP contribution in [0.15, 0.2) is 24.3 Å². The number of allylic oxidation sites excluding steroid dienone is 2. The second kappa shape index (κ2) is 6.32. The van der Waals surface area contributed by atoms with Crippen LogP contribution in [0.25, 0.3) is 0 Å². The van der Waals surface area contributed by atoms with E-state index >= 15 is 0 Å². The number of rotatable bonds is 4. The minimum atomic E-state index is -0.484. The number of esters is 1. The Morgan fingerprint density at radius 2 is 2.33 bits per heavy atom. The molecule has 0 aromatic rings. The Bertz CT molecular complexity index is 442. The fourth-order valence-electron chi connectivity index (χ4n) is 3.91. The third-order valence-electron chi connectivity index (χ3n) is 5.03. The second-order valence-corrected chi connectivity index (χ2v) is 6.58. The summed E-state index contributed by atoms with van der Waals surface area (Å²) < 4.78 is 5.21. The Balaban J connectivity index is 1.55. The van der Waals surface area contributed by atoms with Crippen LogP contribution >= 0.6 is 0 Å². The molecule has 6 atom stereocenters. The highest BCUT2D eigenvalue weighted by atomic mass is 16.6. The van der Waals surface area contributed by atoms with Crippen LogP contribution in [0.2, 0.25) is 0 Å². The number of hydrogen-bond donors (Lipinski definition) is 2. The van der Waals surface area contributed by atoms with Gasteiger partial charge < -0.3 is 14.9 Å². The summed E-state index contributed by atoms with van der Waals surface area (Å²) in [7, 11) is 0. The summed E-state index contributed by atoms with van der Waals surface area (Å²) in [6, 6.07) is 0. The number of hydrogen-bond acceptors (Lipinski definition) is 4. The number of fused-ring (bicyclic) bond motifs is 1. The summed E-state index contributed by atoms with van der Waals surface area (Å²) in [5.74, 6) is 0.294. The predicted octanol–water partition coefficient (Wildman–Crippen LogP) is 1.96. The Kier molecular flexibility index (Phi) is 4.45. The molecule has 4 nitrogen and oxygen atoms in total. The Hall–Kier alpha value is -1.13. The summed E-state index contributed by atoms with van der Waals surface area (Å²) in [4.78, 5) is 11.3. The fourth-order valence-corrected chi connectivity index (χ4v) is 3.91. The molecule has 1 saturated carbocycles. The van der Waals surface area contributed by atoms with Crippen molar-refractivity contribution in [1.82, 2.24) is 0 Å². The molecule has 0 spiro atoms. The topological polar surface area (TPSA) is 66.8 Å². The lowest BCUT2D eigenvalue weighted by atomic mass is 9.89. The van der Waals surface area contributed by atoms with Gasteiger partial charge in [0.1, 0.15) is 6.10 Å². The van der Waals surface area contributed by atoms with Gasteiger partial charge in [-0.2, -0.15) is 0 Å². The molecule has 2 N–H and O–H groups in total. The van der Waals surface area contributed by atoms with Crippen molar-refractivity contribution < 1.29 is 19.7 Å². The van der Waals surface area contributed by atoms with Gasteiger partial charge in [0, 0.05) is 18.3 Å². The SMILES string of the molecule is O=C1C[C@@H]2[C@@H](/C=C/[C@@H](O)CC3C=CCCC3)[C@H](O)C[C@@H]2O1. The Morgan fingerprint density at radius 1 is 1.48 bits per heavy atom. The van der Waals surface area contributed by atoms with Crippen LogP contribution < -0.4 is 0 Å². The van der Waals surface area contributed by atoms with Crippen molar-refractivity contribution in [3.63, 3.8) is 0 Å². The van der Waals surface area contributed by atoms with Gasteiger partial charge in [-0.25, -0.2) is 0 Å². The zero-order valence-corrected chi connectivity index (χ0v) is 12.2. The third kappa shape index (κ3) is 3.38. The van der Waals surface area contributed by atoms with Crippen molar-refractivity contribution in [3.05, 3.63) is 24.3 Å². The van der Waals surface area contributed by atoms with E-state index in [1.807, 2.05) is 6.08 Å². The standard InChI is InChI=1S/C17H24O4/c18-12(8-11-4-2-1-3-5-11)6-7-13-14-9-17(20)21-16(14)10-15(13)19/h2,4,6-7,11-16,18-19H,1,3,5,8-10H2/b7-6+/t11?,12-,13-,14-,15-,16+/m1/s1. The number of carbonyl (C=O) groups is 1. The van der Waals surface area contributed by atoms with Crippen molar-refractivity contribution in [1.29, 1.82) is 0 Å². The van der Waals surface area contributed by atoms with Gasteiger partial charge in [0.25, 0.3) is 0 Å². The van der Waals surface area contributed by atoms with Crippen molar-refractivity contribution in [2.45, 2.75) is 56.8 Å². The summed E-state index contributed by atoms with van der Waals surface area (Å²) in [5.41, 5.74) is 0. The van der Waals surface area contributed by atoms with Gasteiger partial charge >= 0.3 is 5.97 Å². The second-order valence-electron chi connectivity index (χ2n) is 6.58. The largest absolute Gasteiger partial charge is 0.462 e. The van der Waals surface area contributed by atoms with Crippen molar-refractivity contribution in [2.75, 3.05) is 0 Å². The van der Waals surface area contributed by atoms with Gasteiger partial charge in [0.05, 0.1) is 18.6 Å². The third-order valence-corrected chi connectivity index (χ3v) is 5.03. The highest BCUT2D eigenvalue weighted by Crippen LogP contribution is 2.42. The summed E-state index contributed by atoms with van der Waals surface area (Å²) in [6.45, 7) is 0. The molecule has 2 aliphatic carbocycles. The molecule has 1 saturated heterocycles. The first-order chi connectivity index (χ1) is 10.1. The van der Waals surface area contributed by atoms with Gasteiger partial charge in [-0.1, -0.05) is 24.3 Å². The number of aliphatic hydroxyl groups excluding tert-OH is 2. The Labute approximate surface area is 125 Å². The number of carbonyl (C=O) groups excluding carboxylic acids is 1. The van der Waals surface area contributed by atoms with E-state index in [1.54, 1.807) is 6.08 Å². The first kappa shape index (κ1) is 14.8. The summed E-state index contributed by atoms with van der Waals surface area (Å²) in [5, 5.41) is 20.2. The van der Waals surface area contributed by atoms with Crippen LogP contribution in [-0.4, -0.2) is 34.5 Å². The first-order valence-corrected chi connectivity index (χ1v) is 8.04. The molecule has 1 unspecified atom stereocenters. The lowest BCUT2D eigenvalue weighted by molar-refractivity contribution is -0.141. The highest BCUT2D eigenvalue weighted by Gasteiger charge is 2.48. The minimum absolute atomic E-state index is 0.0713. The quantitative estimate of drug-likeness (QED) is 0.614. The fraction of sp³-hybridized carbons (Fsp3) is 0.706. The normalized spacial score (nSPS) is 40.5. The van der Waals surface area contributed by atoms with Crippen LogP contribution in [0.5, 0.6) is 0 Å². The van der Waals surface area contributed by atoms with E-state index in [0.29, 0.717) is 18.8 Å². The molecule has 3 aliphatic rings. The van der Waals surface area contributed by atoms with E-state index in [0.717, 1.165) is 19.3 Å². The molecule has 1 heterocycles. The zero-order chi connectivity index (χ0) is 14.8. The number of aliphatic hydroxyl groups is 2. The average molecular weight is 292 g/mol. The van der Waals surface area contributed by atoms with E-state index in [4.69, 9.17) is 4.74 Å². The van der Waals surface area contributed by atoms with Crippen LogP contribution in [0.1, 0.15) is 38.5 Å². The average Bonchev–Trinajstić information content (AvgIpc) is 2.93. The van der Waals surface area contributed by atoms with Crippen LogP contribution in [0.3, 0.4) is 0 Å². The minimum Gasteiger partial charge on any atom is -0.462 e. The van der Waals surface area contributed by atoms with E-state index in [9.17, 15) is 15.0 Å². The van der Waals surface area contributed by atoms with Gasteiger partial charge in [0.15, 0.2) is 0 Å². The lowest BCUT2D eigenvalue weighted by Gasteiger charge is -2.19. The molecule has 0 radical (unpaired) electrons. The zero-order valence-electron chi connectivity index (χ0n) is 12.2. The van der Waals surface area contributed by atoms with Gasteiger partial charge in [-0.3, -0.25) is 4.79 Å². The molecular formula is C17H24O4. The maximum absolute atomic E-state index is 11.3. The van der Waals surface area contributed by atoms with E-state index in [2.05, 4.69) is 12.2 Å². The Morgan fingerprint density at radius 3 is 3.10 bits per heavy atom. The van der Waals surface area contributed by atoms with Gasteiger partial charge in [-0.05, 0) is 31.6 Å². The molecule has 4 heteroatoms. The predicted molar refractivity (Wildman–Crippen MR) is 78.3 cm³/mol. The van der Waals surface area contributed by atoms with Crippen molar-refractivity contribution in [3.8, 4) is 0 Å². The van der Waals surface area contributed by atoms with Crippen LogP contribution in [0.4, 0.5) is 0 Å². The van der Waals surface area contributed by atoms with E-state index in [-0.39, 0.29) is 23.9 Å². The van der Waals surface area contributed by atoms with Gasteiger partial charge in [0.2, 0.25) is 0 Å². The number of ether oxygens (including phenoxy) is 1. The van der Waals surface area contributed by atoms with Crippen LogP contribution in [-0.2, 0) is 9.53 Å². The molecule has 1 aliphatic heterocycles. The monoisotopic (exact) mass is 292 g/mol. The molecule has 21 heavy (non-hydrogen) atoms. The summed E-state index contributed by atoms with van der Waals surface area (Å²) in [6.07, 6.45) is 12.1. The van der Waals surface area contributed by atoms with Crippen LogP contribution in [0, 0.1) is 17.8 Å². The molecule has 0 bridgehead atoms.